The van der Waals surface area contributed by atoms with Crippen molar-refractivity contribution in [3.63, 3.8) is 0 Å². The van der Waals surface area contributed by atoms with Crippen LogP contribution in [0.2, 0.25) is 0 Å². The fourth-order valence-corrected chi connectivity index (χ4v) is 1.92. The first-order valence-corrected chi connectivity index (χ1v) is 6.42. The minimum absolute atomic E-state index is 0.228. The van der Waals surface area contributed by atoms with Gasteiger partial charge in [0.15, 0.2) is 0 Å². The number of hydrogen-bond donors (Lipinski definition) is 1. The summed E-state index contributed by atoms with van der Waals surface area (Å²) in [5, 5.41) is 21.2. The lowest BCUT2D eigenvalue weighted by atomic mass is 10.1. The second kappa shape index (κ2) is 6.53. The van der Waals surface area contributed by atoms with Crippen molar-refractivity contribution in [3.8, 4) is 11.8 Å². The molecular weight excluding hydrogens is 266 g/mol. The van der Waals surface area contributed by atoms with Gasteiger partial charge in [0.2, 0.25) is 0 Å². The molecule has 1 N–H and O–H groups in total. The van der Waals surface area contributed by atoms with Gasteiger partial charge in [0, 0.05) is 17.3 Å². The van der Waals surface area contributed by atoms with Crippen molar-refractivity contribution in [2.24, 2.45) is 5.16 Å². The van der Waals surface area contributed by atoms with Gasteiger partial charge in [-0.1, -0.05) is 22.9 Å². The zero-order chi connectivity index (χ0) is 15.2. The zero-order valence-corrected chi connectivity index (χ0v) is 11.9. The van der Waals surface area contributed by atoms with E-state index in [2.05, 4.69) is 10.1 Å². The number of nitriles is 1. The highest BCUT2D eigenvalue weighted by molar-refractivity contribution is 6.00. The maximum absolute atomic E-state index is 9.01. The summed E-state index contributed by atoms with van der Waals surface area (Å²) < 4.78 is 5.76. The smallest absolute Gasteiger partial charge is 0.147 e. The average molecular weight is 281 g/mol. The molecule has 0 fully saturated rings. The number of pyridine rings is 1. The predicted molar refractivity (Wildman–Crippen MR) is 78.5 cm³/mol. The third kappa shape index (κ3) is 3.37. The molecule has 0 unspecified atom stereocenters. The number of nitrogens with zero attached hydrogens (tertiary/aromatic N) is 3. The second-order valence-corrected chi connectivity index (χ2v) is 4.60. The summed E-state index contributed by atoms with van der Waals surface area (Å²) in [6, 6.07) is 11.2. The van der Waals surface area contributed by atoms with Crippen molar-refractivity contribution in [3.05, 3.63) is 58.9 Å². The first-order valence-electron chi connectivity index (χ1n) is 6.42. The minimum atomic E-state index is 0.228. The van der Waals surface area contributed by atoms with Crippen molar-refractivity contribution in [1.82, 2.24) is 4.98 Å². The Morgan fingerprint density at radius 2 is 2.24 bits per heavy atom. The molecule has 1 heterocycles. The lowest BCUT2D eigenvalue weighted by molar-refractivity contribution is 0.302. The molecule has 0 aliphatic heterocycles. The molecule has 1 aromatic carbocycles. The van der Waals surface area contributed by atoms with Crippen LogP contribution in [0.25, 0.3) is 0 Å². The highest BCUT2D eigenvalue weighted by Crippen LogP contribution is 2.22. The number of benzene rings is 1. The number of ether oxygens (including phenoxy) is 1. The van der Waals surface area contributed by atoms with Gasteiger partial charge in [-0.3, -0.25) is 0 Å². The maximum atomic E-state index is 9.01. The van der Waals surface area contributed by atoms with Crippen LogP contribution in [-0.4, -0.2) is 15.9 Å². The first-order chi connectivity index (χ1) is 10.2. The third-order valence-electron chi connectivity index (χ3n) is 3.06. The van der Waals surface area contributed by atoms with E-state index in [4.69, 9.17) is 15.2 Å². The van der Waals surface area contributed by atoms with Crippen molar-refractivity contribution in [2.75, 3.05) is 0 Å². The fraction of sp³-hybridized carbons (Fsp3) is 0.188. The fourth-order valence-electron chi connectivity index (χ4n) is 1.92. The van der Waals surface area contributed by atoms with Gasteiger partial charge in [-0.15, -0.1) is 0 Å². The SMILES string of the molecule is CC(=NO)c1cc(C)ccc1OCc1cccnc1C#N. The Hall–Kier alpha value is -2.87. The van der Waals surface area contributed by atoms with E-state index in [0.717, 1.165) is 11.1 Å². The van der Waals surface area contributed by atoms with E-state index in [-0.39, 0.29) is 6.61 Å². The molecular formula is C16H15N3O2. The Balaban J connectivity index is 2.27. The summed E-state index contributed by atoms with van der Waals surface area (Å²) in [5.74, 6) is 0.601. The molecule has 2 aromatic rings. The van der Waals surface area contributed by atoms with E-state index < -0.39 is 0 Å². The van der Waals surface area contributed by atoms with Gasteiger partial charge in [-0.2, -0.15) is 5.26 Å². The molecule has 5 nitrogen and oxygen atoms in total. The average Bonchev–Trinajstić information content (AvgIpc) is 2.53. The van der Waals surface area contributed by atoms with Gasteiger partial charge in [-0.05, 0) is 32.0 Å². The Morgan fingerprint density at radius 3 is 2.95 bits per heavy atom. The van der Waals surface area contributed by atoms with Crippen molar-refractivity contribution >= 4 is 5.71 Å². The molecule has 0 atom stereocenters. The van der Waals surface area contributed by atoms with Crippen LogP contribution in [0.1, 0.15) is 29.3 Å². The Bertz CT molecular complexity index is 718. The van der Waals surface area contributed by atoms with E-state index in [1.54, 1.807) is 25.3 Å². The summed E-state index contributed by atoms with van der Waals surface area (Å²) in [5.41, 5.74) is 3.29. The third-order valence-corrected chi connectivity index (χ3v) is 3.06. The molecule has 0 aliphatic rings. The molecule has 21 heavy (non-hydrogen) atoms. The molecule has 0 spiro atoms. The number of aryl methyl sites for hydroxylation is 1. The quantitative estimate of drug-likeness (QED) is 0.530. The molecule has 0 saturated carbocycles. The van der Waals surface area contributed by atoms with Gasteiger partial charge in [0.25, 0.3) is 0 Å². The van der Waals surface area contributed by atoms with Crippen LogP contribution in [0.5, 0.6) is 5.75 Å². The molecule has 5 heteroatoms. The van der Waals surface area contributed by atoms with Crippen LogP contribution < -0.4 is 4.74 Å². The summed E-state index contributed by atoms with van der Waals surface area (Å²) in [7, 11) is 0. The van der Waals surface area contributed by atoms with Gasteiger partial charge in [0.05, 0.1) is 5.71 Å². The highest BCUT2D eigenvalue weighted by Gasteiger charge is 2.10. The molecule has 1 aromatic heterocycles. The van der Waals surface area contributed by atoms with Crippen LogP contribution in [0, 0.1) is 18.3 Å². The standard InChI is InChI=1S/C16H15N3O2/c1-11-5-6-16(14(8-11)12(2)19-20)21-10-13-4-3-7-18-15(13)9-17/h3-8,20H,10H2,1-2H3. The largest absolute Gasteiger partial charge is 0.488 e. The van der Waals surface area contributed by atoms with Crippen molar-refractivity contribution in [1.29, 1.82) is 5.26 Å². The molecule has 106 valence electrons. The van der Waals surface area contributed by atoms with Crippen LogP contribution >= 0.6 is 0 Å². The highest BCUT2D eigenvalue weighted by atomic mass is 16.5. The molecule has 2 rings (SSSR count). The summed E-state index contributed by atoms with van der Waals surface area (Å²) in [4.78, 5) is 3.99. The lowest BCUT2D eigenvalue weighted by Gasteiger charge is -2.12. The Kier molecular flexibility index (Phi) is 4.52. The molecule has 0 saturated heterocycles. The summed E-state index contributed by atoms with van der Waals surface area (Å²) in [6.07, 6.45) is 1.57. The van der Waals surface area contributed by atoms with Crippen molar-refractivity contribution < 1.29 is 9.94 Å². The van der Waals surface area contributed by atoms with E-state index in [9.17, 15) is 0 Å². The zero-order valence-electron chi connectivity index (χ0n) is 11.9. The molecule has 0 aliphatic carbocycles. The molecule has 0 amide bonds. The summed E-state index contributed by atoms with van der Waals surface area (Å²) in [6.45, 7) is 3.88. The van der Waals surface area contributed by atoms with E-state index in [1.807, 2.05) is 31.2 Å². The number of oxime groups is 1. The number of hydrogen-bond acceptors (Lipinski definition) is 5. The van der Waals surface area contributed by atoms with Crippen LogP contribution in [0.3, 0.4) is 0 Å². The van der Waals surface area contributed by atoms with Crippen LogP contribution in [0.4, 0.5) is 0 Å². The molecule has 0 bridgehead atoms. The Morgan fingerprint density at radius 1 is 1.43 bits per heavy atom. The maximum Gasteiger partial charge on any atom is 0.147 e. The first kappa shape index (κ1) is 14.5. The summed E-state index contributed by atoms with van der Waals surface area (Å²) >= 11 is 0. The van der Waals surface area contributed by atoms with E-state index in [1.165, 1.54) is 0 Å². The van der Waals surface area contributed by atoms with Gasteiger partial charge >= 0.3 is 0 Å². The van der Waals surface area contributed by atoms with E-state index in [0.29, 0.717) is 22.7 Å². The number of rotatable bonds is 4. The topological polar surface area (TPSA) is 78.5 Å². The lowest BCUT2D eigenvalue weighted by Crippen LogP contribution is -2.04. The number of aromatic nitrogens is 1. The monoisotopic (exact) mass is 281 g/mol. The van der Waals surface area contributed by atoms with Gasteiger partial charge in [0.1, 0.15) is 24.1 Å². The van der Waals surface area contributed by atoms with Crippen LogP contribution in [0.15, 0.2) is 41.7 Å². The van der Waals surface area contributed by atoms with Crippen molar-refractivity contribution in [2.45, 2.75) is 20.5 Å². The van der Waals surface area contributed by atoms with Gasteiger partial charge in [-0.25, -0.2) is 4.98 Å². The predicted octanol–water partition coefficient (Wildman–Crippen LogP) is 3.04. The Labute approximate surface area is 123 Å². The molecule has 0 radical (unpaired) electrons. The second-order valence-electron chi connectivity index (χ2n) is 4.60. The normalized spacial score (nSPS) is 11.0. The van der Waals surface area contributed by atoms with E-state index >= 15 is 0 Å². The van der Waals surface area contributed by atoms with Gasteiger partial charge < -0.3 is 9.94 Å². The van der Waals surface area contributed by atoms with Crippen LogP contribution in [-0.2, 0) is 6.61 Å². The minimum Gasteiger partial charge on any atom is -0.488 e.